The van der Waals surface area contributed by atoms with Crippen molar-refractivity contribution in [1.29, 1.82) is 0 Å². The van der Waals surface area contributed by atoms with Crippen molar-refractivity contribution in [3.05, 3.63) is 29.3 Å². The summed E-state index contributed by atoms with van der Waals surface area (Å²) in [6.45, 7) is 5.76. The van der Waals surface area contributed by atoms with Gasteiger partial charge in [0.25, 0.3) is 0 Å². The Balaban J connectivity index is 2.14. The molecule has 0 radical (unpaired) electrons. The van der Waals surface area contributed by atoms with E-state index in [1.54, 1.807) is 0 Å². The Morgan fingerprint density at radius 1 is 1.29 bits per heavy atom. The van der Waals surface area contributed by atoms with Gasteiger partial charge < -0.3 is 15.1 Å². The topological polar surface area (TPSA) is 53.9 Å². The van der Waals surface area contributed by atoms with Crippen LogP contribution in [0.4, 0.5) is 5.69 Å². The van der Waals surface area contributed by atoms with E-state index < -0.39 is 9.84 Å². The number of likely N-dealkylation sites (N-methyl/N-ethyl adjacent to an activating group) is 1. The Bertz CT molecular complexity index is 682. The fourth-order valence-corrected chi connectivity index (χ4v) is 5.15. The molecule has 0 unspecified atom stereocenters. The number of thiocarbonyl (C=S) groups is 1. The molecule has 0 aliphatic carbocycles. The summed E-state index contributed by atoms with van der Waals surface area (Å²) < 4.78 is 23.7. The van der Waals surface area contributed by atoms with Crippen LogP contribution in [0.5, 0.6) is 0 Å². The molecule has 1 atom stereocenters. The first kappa shape index (κ1) is 19.1. The van der Waals surface area contributed by atoms with Crippen molar-refractivity contribution in [3.8, 4) is 0 Å². The first-order chi connectivity index (χ1) is 11.2. The molecule has 7 heteroatoms. The molecular formula is C17H28N3O2S2+. The Morgan fingerprint density at radius 2 is 1.92 bits per heavy atom. The van der Waals surface area contributed by atoms with Crippen LogP contribution in [0.15, 0.2) is 18.2 Å². The Kier molecular flexibility index (Phi) is 6.22. The third kappa shape index (κ3) is 5.43. The number of rotatable bonds is 5. The highest BCUT2D eigenvalue weighted by atomic mass is 32.2. The highest BCUT2D eigenvalue weighted by molar-refractivity contribution is 7.91. The molecule has 0 amide bonds. The maximum Gasteiger partial charge on any atom is 0.173 e. The summed E-state index contributed by atoms with van der Waals surface area (Å²) in [5, 5.41) is 3.92. The zero-order chi connectivity index (χ0) is 17.9. The van der Waals surface area contributed by atoms with Crippen molar-refractivity contribution in [2.45, 2.75) is 26.3 Å². The number of nitrogens with one attached hydrogen (secondary N) is 2. The third-order valence-corrected chi connectivity index (χ3v) is 6.32. The lowest BCUT2D eigenvalue weighted by atomic mass is 10.1. The van der Waals surface area contributed by atoms with Crippen LogP contribution >= 0.6 is 12.2 Å². The van der Waals surface area contributed by atoms with Gasteiger partial charge >= 0.3 is 0 Å². The van der Waals surface area contributed by atoms with Gasteiger partial charge in [-0.3, -0.25) is 0 Å². The molecule has 1 aliphatic heterocycles. The second-order valence-corrected chi connectivity index (χ2v) is 9.63. The van der Waals surface area contributed by atoms with E-state index >= 15 is 0 Å². The lowest BCUT2D eigenvalue weighted by Crippen LogP contribution is -3.06. The second-order valence-electron chi connectivity index (χ2n) is 7.01. The van der Waals surface area contributed by atoms with Crippen LogP contribution in [0.1, 0.15) is 17.5 Å². The van der Waals surface area contributed by atoms with E-state index in [-0.39, 0.29) is 17.5 Å². The highest BCUT2D eigenvalue weighted by Crippen LogP contribution is 2.20. The quantitative estimate of drug-likeness (QED) is 0.745. The Labute approximate surface area is 150 Å². The van der Waals surface area contributed by atoms with Gasteiger partial charge in [-0.25, -0.2) is 8.42 Å². The molecule has 0 aromatic heterocycles. The number of aryl methyl sites for hydroxylation is 2. The van der Waals surface area contributed by atoms with E-state index in [0.29, 0.717) is 11.5 Å². The van der Waals surface area contributed by atoms with Crippen LogP contribution in [0.25, 0.3) is 0 Å². The zero-order valence-electron chi connectivity index (χ0n) is 14.9. The van der Waals surface area contributed by atoms with Crippen LogP contribution in [-0.4, -0.2) is 63.2 Å². The Hall–Kier alpha value is -1.18. The van der Waals surface area contributed by atoms with Gasteiger partial charge in [0.1, 0.15) is 0 Å². The minimum atomic E-state index is -2.93. The molecule has 1 heterocycles. The molecule has 0 spiro atoms. The number of quaternary nitrogens is 1. The van der Waals surface area contributed by atoms with Gasteiger partial charge in [0.15, 0.2) is 14.9 Å². The standard InChI is InChI=1S/C17H27N3O2S2/c1-13-9-14(2)11-15(10-13)18-17(23)20(7-6-19(3)4)16-5-8-24(21,22)12-16/h9-11,16H,5-8,12H2,1-4H3,(H,18,23)/p+1/t16-/m0/s1. The van der Waals surface area contributed by atoms with Crippen LogP contribution in [0.2, 0.25) is 0 Å². The van der Waals surface area contributed by atoms with Gasteiger partial charge in [-0.2, -0.15) is 0 Å². The van der Waals surface area contributed by atoms with E-state index in [1.807, 2.05) is 0 Å². The molecule has 5 nitrogen and oxygen atoms in total. The van der Waals surface area contributed by atoms with E-state index in [0.717, 1.165) is 18.8 Å². The molecule has 0 bridgehead atoms. The molecule has 1 fully saturated rings. The summed E-state index contributed by atoms with van der Waals surface area (Å²) >= 11 is 5.62. The van der Waals surface area contributed by atoms with Crippen molar-refractivity contribution in [1.82, 2.24) is 4.90 Å². The molecule has 1 aromatic carbocycles. The number of benzene rings is 1. The normalized spacial score (nSPS) is 19.5. The minimum absolute atomic E-state index is 0.0275. The predicted octanol–water partition coefficient (Wildman–Crippen LogP) is 0.634. The first-order valence-corrected chi connectivity index (χ1v) is 10.5. The lowest BCUT2D eigenvalue weighted by Gasteiger charge is -2.31. The maximum absolute atomic E-state index is 11.9. The van der Waals surface area contributed by atoms with Gasteiger partial charge in [0, 0.05) is 11.7 Å². The summed E-state index contributed by atoms with van der Waals surface area (Å²) in [6, 6.07) is 6.20. The van der Waals surface area contributed by atoms with Crippen molar-refractivity contribution in [2.75, 3.05) is 44.0 Å². The third-order valence-electron chi connectivity index (χ3n) is 4.24. The molecule has 1 aliphatic rings. The van der Waals surface area contributed by atoms with E-state index in [1.165, 1.54) is 16.0 Å². The van der Waals surface area contributed by atoms with Gasteiger partial charge in [0.2, 0.25) is 0 Å². The average molecular weight is 371 g/mol. The van der Waals surface area contributed by atoms with Crippen LogP contribution in [0, 0.1) is 13.8 Å². The van der Waals surface area contributed by atoms with Crippen molar-refractivity contribution in [2.24, 2.45) is 0 Å². The number of nitrogens with zero attached hydrogens (tertiary/aromatic N) is 1. The number of hydrogen-bond acceptors (Lipinski definition) is 3. The van der Waals surface area contributed by atoms with Crippen molar-refractivity contribution in [3.63, 3.8) is 0 Å². The SMILES string of the molecule is Cc1cc(C)cc(NC(=S)N(CC[NH+](C)C)[C@H]2CCS(=O)(=O)C2)c1. The van der Waals surface area contributed by atoms with Crippen molar-refractivity contribution >= 4 is 32.9 Å². The summed E-state index contributed by atoms with van der Waals surface area (Å²) in [5.74, 6) is 0.458. The van der Waals surface area contributed by atoms with E-state index in [4.69, 9.17) is 12.2 Å². The zero-order valence-corrected chi connectivity index (χ0v) is 16.6. The number of hydrogen-bond donors (Lipinski definition) is 2. The van der Waals surface area contributed by atoms with E-state index in [9.17, 15) is 8.42 Å². The number of sulfone groups is 1. The fraction of sp³-hybridized carbons (Fsp3) is 0.588. The minimum Gasteiger partial charge on any atom is -0.339 e. The summed E-state index contributed by atoms with van der Waals surface area (Å²) in [5.41, 5.74) is 3.31. The molecular weight excluding hydrogens is 342 g/mol. The molecule has 2 rings (SSSR count). The number of anilines is 1. The largest absolute Gasteiger partial charge is 0.339 e. The maximum atomic E-state index is 11.9. The Morgan fingerprint density at radius 3 is 2.42 bits per heavy atom. The van der Waals surface area contributed by atoms with Gasteiger partial charge in [-0.15, -0.1) is 0 Å². The van der Waals surface area contributed by atoms with Gasteiger partial charge in [-0.1, -0.05) is 6.07 Å². The highest BCUT2D eigenvalue weighted by Gasteiger charge is 2.33. The first-order valence-electron chi connectivity index (χ1n) is 8.31. The molecule has 134 valence electrons. The monoisotopic (exact) mass is 370 g/mol. The second kappa shape index (κ2) is 7.80. The summed E-state index contributed by atoms with van der Waals surface area (Å²) in [4.78, 5) is 3.37. The van der Waals surface area contributed by atoms with E-state index in [2.05, 4.69) is 56.4 Å². The van der Waals surface area contributed by atoms with Gasteiger partial charge in [-0.05, 0) is 55.7 Å². The lowest BCUT2D eigenvalue weighted by molar-refractivity contribution is -0.857. The summed E-state index contributed by atoms with van der Waals surface area (Å²) in [7, 11) is 1.24. The predicted molar refractivity (Wildman–Crippen MR) is 104 cm³/mol. The molecule has 0 saturated carbocycles. The molecule has 24 heavy (non-hydrogen) atoms. The average Bonchev–Trinajstić information content (AvgIpc) is 2.77. The fourth-order valence-electron chi connectivity index (χ4n) is 3.06. The van der Waals surface area contributed by atoms with Crippen LogP contribution in [0.3, 0.4) is 0 Å². The molecule has 1 saturated heterocycles. The van der Waals surface area contributed by atoms with Gasteiger partial charge in [0.05, 0.1) is 38.7 Å². The molecule has 1 aromatic rings. The van der Waals surface area contributed by atoms with Crippen LogP contribution in [-0.2, 0) is 9.84 Å². The smallest absolute Gasteiger partial charge is 0.173 e. The summed E-state index contributed by atoms with van der Waals surface area (Å²) in [6.07, 6.45) is 0.653. The van der Waals surface area contributed by atoms with Crippen molar-refractivity contribution < 1.29 is 13.3 Å². The molecule has 2 N–H and O–H groups in total. The van der Waals surface area contributed by atoms with Crippen LogP contribution < -0.4 is 10.2 Å².